The van der Waals surface area contributed by atoms with E-state index in [1.807, 2.05) is 0 Å². The molecule has 1 radical (unpaired) electrons. The van der Waals surface area contributed by atoms with Crippen molar-refractivity contribution in [1.82, 2.24) is 0 Å². The van der Waals surface area contributed by atoms with E-state index in [0.717, 1.165) is 0 Å². The molecule has 0 bridgehead atoms. The van der Waals surface area contributed by atoms with Crippen LogP contribution in [-0.4, -0.2) is 0 Å². The summed E-state index contributed by atoms with van der Waals surface area (Å²) in [5, 5.41) is 0. The Morgan fingerprint density at radius 3 is 1.85 bits per heavy atom. The molecule has 0 aliphatic heterocycles. The molecule has 0 nitrogen and oxygen atoms in total. The van der Waals surface area contributed by atoms with Gasteiger partial charge in [-0.3, -0.25) is 0 Å². The second-order valence-corrected chi connectivity index (χ2v) is 6.58. The van der Waals surface area contributed by atoms with Gasteiger partial charge in [-0.15, -0.1) is 0 Å². The number of hydrogen-bond donors (Lipinski definition) is 0. The van der Waals surface area contributed by atoms with Crippen molar-refractivity contribution >= 4 is 18.6 Å². The fourth-order valence-electron chi connectivity index (χ4n) is 1.03. The molecule has 1 aliphatic rings. The summed E-state index contributed by atoms with van der Waals surface area (Å²) in [5.41, 5.74) is 3.11. The first-order chi connectivity index (χ1) is 5.91. The summed E-state index contributed by atoms with van der Waals surface area (Å²) in [5.74, 6) is 0. The maximum atomic E-state index is 4.89. The monoisotopic (exact) mass is 253 g/mol. The van der Waals surface area contributed by atoms with Gasteiger partial charge in [-0.25, -0.2) is 0 Å². The van der Waals surface area contributed by atoms with Crippen LogP contribution in [0.5, 0.6) is 0 Å². The number of rotatable bonds is 0. The molecule has 0 atom stereocenters. The number of hydrogen-bond acceptors (Lipinski definition) is 0. The van der Waals surface area contributed by atoms with E-state index in [2.05, 4.69) is 46.3 Å². The van der Waals surface area contributed by atoms with Crippen molar-refractivity contribution in [3.05, 3.63) is 29.7 Å². The Balaban J connectivity index is 0.000000424. The summed E-state index contributed by atoms with van der Waals surface area (Å²) in [7, 11) is 9.78. The summed E-state index contributed by atoms with van der Waals surface area (Å²) in [6, 6.07) is 0. The maximum absolute atomic E-state index is 4.89. The van der Waals surface area contributed by atoms with E-state index in [-0.39, 0.29) is 0 Å². The zero-order valence-corrected chi connectivity index (χ0v) is 11.6. The van der Waals surface area contributed by atoms with Crippen LogP contribution in [0.25, 0.3) is 0 Å². The van der Waals surface area contributed by atoms with Gasteiger partial charge in [0.2, 0.25) is 0 Å². The predicted molar refractivity (Wildman–Crippen MR) is 57.3 cm³/mol. The van der Waals surface area contributed by atoms with Crippen molar-refractivity contribution in [2.75, 3.05) is 0 Å². The molecule has 0 spiro atoms. The van der Waals surface area contributed by atoms with Crippen LogP contribution in [0.2, 0.25) is 0 Å². The molecule has 3 heteroatoms. The fraction of sp³-hybridized carbons (Fsp3) is 0.500. The zero-order valence-electron chi connectivity index (χ0n) is 8.49. The van der Waals surface area contributed by atoms with Crippen molar-refractivity contribution in [2.45, 2.75) is 27.7 Å². The van der Waals surface area contributed by atoms with Crippen LogP contribution in [0.4, 0.5) is 0 Å². The Hall–Kier alpha value is 0.774. The number of halogens is 2. The first-order valence-electron chi connectivity index (χ1n) is 4.12. The van der Waals surface area contributed by atoms with E-state index >= 15 is 0 Å². The predicted octanol–water partition coefficient (Wildman–Crippen LogP) is 4.50. The average Bonchev–Trinajstić information content (AvgIpc) is 2.35. The molecule has 0 aromatic heterocycles. The second kappa shape index (κ2) is 6.29. The van der Waals surface area contributed by atoms with Gasteiger partial charge < -0.3 is 0 Å². The van der Waals surface area contributed by atoms with Crippen LogP contribution in [0, 0.1) is 11.8 Å². The van der Waals surface area contributed by atoms with Crippen molar-refractivity contribution < 1.29 is 17.0 Å². The Kier molecular flexibility index (Phi) is 6.67. The van der Waals surface area contributed by atoms with E-state index < -0.39 is 17.0 Å². The third-order valence-corrected chi connectivity index (χ3v) is 1.77. The van der Waals surface area contributed by atoms with Crippen LogP contribution in [-0.2, 0) is 17.0 Å². The second-order valence-electron chi connectivity index (χ2n) is 4.00. The average molecular weight is 254 g/mol. The first-order valence-corrected chi connectivity index (χ1v) is 8.41. The van der Waals surface area contributed by atoms with Gasteiger partial charge in [0, 0.05) is 6.42 Å². The first kappa shape index (κ1) is 13.8. The van der Waals surface area contributed by atoms with E-state index in [1.165, 1.54) is 11.1 Å². The van der Waals surface area contributed by atoms with Gasteiger partial charge in [-0.1, -0.05) is 38.5 Å². The van der Waals surface area contributed by atoms with E-state index in [1.54, 1.807) is 0 Å². The molecule has 1 rings (SSSR count). The Labute approximate surface area is 98.1 Å². The van der Waals surface area contributed by atoms with Gasteiger partial charge in [0.15, 0.2) is 0 Å². The molecule has 0 heterocycles. The van der Waals surface area contributed by atoms with Gasteiger partial charge in [-0.2, -0.15) is 0 Å². The van der Waals surface area contributed by atoms with Crippen molar-refractivity contribution in [3.8, 4) is 0 Å². The molecule has 0 aromatic carbocycles. The summed E-state index contributed by atoms with van der Waals surface area (Å²) < 4.78 is 0. The Morgan fingerprint density at radius 2 is 1.69 bits per heavy atom. The molecule has 73 valence electrons. The number of allylic oxidation sites excluding steroid dienone is 4. The summed E-state index contributed by atoms with van der Waals surface area (Å²) >= 11 is -0.556. The molecule has 0 amide bonds. The van der Waals surface area contributed by atoms with Crippen LogP contribution in [0.1, 0.15) is 27.7 Å². The molecule has 0 saturated carbocycles. The van der Waals surface area contributed by atoms with Crippen LogP contribution in [0.15, 0.2) is 23.3 Å². The van der Waals surface area contributed by atoms with Crippen LogP contribution >= 0.6 is 18.6 Å². The van der Waals surface area contributed by atoms with Crippen LogP contribution < -0.4 is 0 Å². The van der Waals surface area contributed by atoms with Gasteiger partial charge in [0.1, 0.15) is 0 Å². The van der Waals surface area contributed by atoms with Crippen LogP contribution in [0.3, 0.4) is 0 Å². The molecule has 0 unspecified atom stereocenters. The Morgan fingerprint density at radius 1 is 1.23 bits per heavy atom. The fourth-order valence-corrected chi connectivity index (χ4v) is 1.03. The van der Waals surface area contributed by atoms with E-state index in [0.29, 0.717) is 5.41 Å². The van der Waals surface area contributed by atoms with Gasteiger partial charge >= 0.3 is 35.6 Å². The quantitative estimate of drug-likeness (QED) is 0.558. The van der Waals surface area contributed by atoms with E-state index in [4.69, 9.17) is 18.6 Å². The minimum absolute atomic E-state index is 0.314. The summed E-state index contributed by atoms with van der Waals surface area (Å²) in [6.07, 6.45) is 6.62. The molecule has 0 fully saturated rings. The molecule has 0 N–H and O–H groups in total. The molecular weight excluding hydrogens is 239 g/mol. The van der Waals surface area contributed by atoms with Gasteiger partial charge in [0.25, 0.3) is 0 Å². The molecule has 0 aromatic rings. The standard InChI is InChI=1S/C10H15.2ClH.Ti/c1-8-5-6-9(7-8)10(2,3)4;;;/h5-7H,1-4H3;2*1H;/q;;;+2/p-2. The molecule has 13 heavy (non-hydrogen) atoms. The van der Waals surface area contributed by atoms with Crippen molar-refractivity contribution in [2.24, 2.45) is 5.41 Å². The summed E-state index contributed by atoms with van der Waals surface area (Å²) in [4.78, 5) is 0. The Bertz CT molecular complexity index is 211. The van der Waals surface area contributed by atoms with Gasteiger partial charge in [-0.05, 0) is 17.9 Å². The van der Waals surface area contributed by atoms with Gasteiger partial charge in [0.05, 0.1) is 0 Å². The third kappa shape index (κ3) is 5.96. The van der Waals surface area contributed by atoms with E-state index in [9.17, 15) is 0 Å². The third-order valence-electron chi connectivity index (χ3n) is 1.77. The molecule has 0 saturated heterocycles. The normalized spacial score (nSPS) is 15.5. The topological polar surface area (TPSA) is 0 Å². The summed E-state index contributed by atoms with van der Waals surface area (Å²) in [6.45, 7) is 8.85. The van der Waals surface area contributed by atoms with Crippen molar-refractivity contribution in [3.63, 3.8) is 0 Å². The van der Waals surface area contributed by atoms with Crippen molar-refractivity contribution in [1.29, 1.82) is 0 Å². The zero-order chi connectivity index (χ0) is 10.5. The molecular formula is C10H15Cl2Ti. The SMILES string of the molecule is CC1=CC(C(C)(C)C)=C[CH]1.[Cl][Ti][Cl]. The minimum atomic E-state index is -0.556. The molecule has 1 aliphatic carbocycles.